The van der Waals surface area contributed by atoms with Crippen LogP contribution < -0.4 is 5.32 Å². The summed E-state index contributed by atoms with van der Waals surface area (Å²) in [5, 5.41) is 3.28. The largest absolute Gasteiger partial charge is 0.387 e. The molecule has 1 nitrogen and oxygen atoms in total. The van der Waals surface area contributed by atoms with Gasteiger partial charge in [-0.2, -0.15) is 0 Å². The fraction of sp³-hybridized carbons (Fsp3) is 0.778. The quantitative estimate of drug-likeness (QED) is 0.624. The summed E-state index contributed by atoms with van der Waals surface area (Å²) < 4.78 is 0. The Morgan fingerprint density at radius 2 is 2.20 bits per heavy atom. The molecular weight excluding hydrogens is 122 g/mol. The molecule has 0 fully saturated rings. The maximum Gasteiger partial charge on any atom is 0.0201 e. The van der Waals surface area contributed by atoms with Gasteiger partial charge in [-0.05, 0) is 26.7 Å². The van der Waals surface area contributed by atoms with Crippen LogP contribution in [0.5, 0.6) is 0 Å². The normalized spacial score (nSPS) is 10.0. The minimum absolute atomic E-state index is 0. The highest BCUT2D eigenvalue weighted by Gasteiger charge is 1.94. The minimum Gasteiger partial charge on any atom is -0.387 e. The summed E-state index contributed by atoms with van der Waals surface area (Å²) in [6.07, 6.45) is 3.62. The fourth-order valence-electron chi connectivity index (χ4n) is 0.871. The van der Waals surface area contributed by atoms with Crippen LogP contribution in [0, 0.1) is 0 Å². The molecule has 0 saturated heterocycles. The fourth-order valence-corrected chi connectivity index (χ4v) is 0.871. The topological polar surface area (TPSA) is 12.0 Å². The van der Waals surface area contributed by atoms with Crippen molar-refractivity contribution in [1.29, 1.82) is 0 Å². The highest BCUT2D eigenvalue weighted by atomic mass is 14.9. The Morgan fingerprint density at radius 1 is 1.60 bits per heavy atom. The van der Waals surface area contributed by atoms with E-state index in [0.717, 1.165) is 6.42 Å². The average Bonchev–Trinajstić information content (AvgIpc) is 1.82. The van der Waals surface area contributed by atoms with E-state index in [-0.39, 0.29) is 1.43 Å². The van der Waals surface area contributed by atoms with Crippen LogP contribution in [0.2, 0.25) is 0 Å². The Bertz CT molecular complexity index is 99.7. The number of unbranched alkanes of at least 4 members (excludes halogenated alkanes) is 1. The smallest absolute Gasteiger partial charge is 0.0201 e. The van der Waals surface area contributed by atoms with Crippen molar-refractivity contribution in [3.8, 4) is 0 Å². The Balaban J connectivity index is 0. The Hall–Kier alpha value is -0.460. The standard InChI is InChI=1S/C9H19N.H2/c1-5-6-7-9(4)10-8(2)3;/h8,10H,4-7H2,1-3H3;1H. The molecule has 0 bridgehead atoms. The second kappa shape index (κ2) is 5.33. The summed E-state index contributed by atoms with van der Waals surface area (Å²) in [4.78, 5) is 0. The molecule has 0 aromatic rings. The highest BCUT2D eigenvalue weighted by Crippen LogP contribution is 2.01. The summed E-state index contributed by atoms with van der Waals surface area (Å²) in [7, 11) is 0. The summed E-state index contributed by atoms with van der Waals surface area (Å²) >= 11 is 0. The van der Waals surface area contributed by atoms with Crippen molar-refractivity contribution >= 4 is 0 Å². The van der Waals surface area contributed by atoms with Gasteiger partial charge in [0.15, 0.2) is 0 Å². The monoisotopic (exact) mass is 143 g/mol. The zero-order valence-corrected chi connectivity index (χ0v) is 7.41. The van der Waals surface area contributed by atoms with E-state index in [4.69, 9.17) is 0 Å². The summed E-state index contributed by atoms with van der Waals surface area (Å²) in [5.41, 5.74) is 1.18. The zero-order chi connectivity index (χ0) is 7.98. The molecule has 0 rings (SSSR count). The van der Waals surface area contributed by atoms with Gasteiger partial charge in [-0.3, -0.25) is 0 Å². The van der Waals surface area contributed by atoms with Gasteiger partial charge in [0.1, 0.15) is 0 Å². The van der Waals surface area contributed by atoms with Crippen LogP contribution in [0.25, 0.3) is 0 Å². The molecule has 0 radical (unpaired) electrons. The second-order valence-electron chi connectivity index (χ2n) is 3.01. The lowest BCUT2D eigenvalue weighted by atomic mass is 10.2. The number of nitrogens with one attached hydrogen (secondary N) is 1. The van der Waals surface area contributed by atoms with Gasteiger partial charge < -0.3 is 5.32 Å². The lowest BCUT2D eigenvalue weighted by Crippen LogP contribution is -2.20. The van der Waals surface area contributed by atoms with Crippen LogP contribution in [0.15, 0.2) is 12.3 Å². The van der Waals surface area contributed by atoms with E-state index in [9.17, 15) is 0 Å². The molecule has 1 N–H and O–H groups in total. The predicted octanol–water partition coefficient (Wildman–Crippen LogP) is 2.93. The lowest BCUT2D eigenvalue weighted by molar-refractivity contribution is 0.627. The van der Waals surface area contributed by atoms with Crippen molar-refractivity contribution < 1.29 is 1.43 Å². The van der Waals surface area contributed by atoms with Gasteiger partial charge in [-0.25, -0.2) is 0 Å². The van der Waals surface area contributed by atoms with Crippen molar-refractivity contribution in [2.75, 3.05) is 0 Å². The third kappa shape index (κ3) is 5.67. The van der Waals surface area contributed by atoms with Crippen molar-refractivity contribution in [3.05, 3.63) is 12.3 Å². The van der Waals surface area contributed by atoms with Crippen LogP contribution in [-0.4, -0.2) is 6.04 Å². The first-order chi connectivity index (χ1) is 4.66. The molecule has 0 spiro atoms. The molecular formula is C9H21N. The molecule has 0 heterocycles. The Morgan fingerprint density at radius 3 is 2.60 bits per heavy atom. The minimum atomic E-state index is 0. The summed E-state index contributed by atoms with van der Waals surface area (Å²) in [6, 6.07) is 0.532. The first-order valence-corrected chi connectivity index (χ1v) is 4.11. The van der Waals surface area contributed by atoms with Gasteiger partial charge in [0.05, 0.1) is 0 Å². The molecule has 1 heteroatoms. The summed E-state index contributed by atoms with van der Waals surface area (Å²) in [6.45, 7) is 10.4. The van der Waals surface area contributed by atoms with E-state index >= 15 is 0 Å². The van der Waals surface area contributed by atoms with Crippen molar-refractivity contribution in [2.24, 2.45) is 0 Å². The first-order valence-electron chi connectivity index (χ1n) is 4.11. The number of hydrogen-bond donors (Lipinski definition) is 1. The molecule has 62 valence electrons. The van der Waals surface area contributed by atoms with Crippen LogP contribution >= 0.6 is 0 Å². The van der Waals surface area contributed by atoms with Crippen molar-refractivity contribution in [1.82, 2.24) is 5.32 Å². The molecule has 0 saturated carbocycles. The molecule has 0 unspecified atom stereocenters. The molecule has 0 amide bonds. The molecule has 0 aromatic heterocycles. The van der Waals surface area contributed by atoms with Crippen molar-refractivity contribution in [3.63, 3.8) is 0 Å². The Labute approximate surface area is 66.0 Å². The third-order valence-electron chi connectivity index (χ3n) is 1.32. The summed E-state index contributed by atoms with van der Waals surface area (Å²) in [5.74, 6) is 0. The van der Waals surface area contributed by atoms with Crippen LogP contribution in [0.3, 0.4) is 0 Å². The van der Waals surface area contributed by atoms with Crippen LogP contribution in [-0.2, 0) is 0 Å². The van der Waals surface area contributed by atoms with Gasteiger partial charge in [0.25, 0.3) is 0 Å². The molecule has 0 aliphatic rings. The van der Waals surface area contributed by atoms with Crippen LogP contribution in [0.1, 0.15) is 41.5 Å². The molecule has 0 aliphatic carbocycles. The number of rotatable bonds is 5. The van der Waals surface area contributed by atoms with E-state index < -0.39 is 0 Å². The maximum absolute atomic E-state index is 3.92. The van der Waals surface area contributed by atoms with Gasteiger partial charge >= 0.3 is 0 Å². The highest BCUT2D eigenvalue weighted by molar-refractivity contribution is 4.91. The Kier molecular flexibility index (Phi) is 5.09. The van der Waals surface area contributed by atoms with E-state index in [1.807, 2.05) is 0 Å². The lowest BCUT2D eigenvalue weighted by Gasteiger charge is -2.11. The molecule has 0 atom stereocenters. The molecule has 0 aliphatic heterocycles. The van der Waals surface area contributed by atoms with E-state index in [1.165, 1.54) is 18.5 Å². The number of hydrogen-bond acceptors (Lipinski definition) is 1. The van der Waals surface area contributed by atoms with Gasteiger partial charge in [0, 0.05) is 13.2 Å². The van der Waals surface area contributed by atoms with Gasteiger partial charge in [-0.15, -0.1) is 0 Å². The predicted molar refractivity (Wildman–Crippen MR) is 49.1 cm³/mol. The van der Waals surface area contributed by atoms with E-state index in [1.54, 1.807) is 0 Å². The molecule has 10 heavy (non-hydrogen) atoms. The van der Waals surface area contributed by atoms with Gasteiger partial charge in [-0.1, -0.05) is 19.9 Å². The second-order valence-corrected chi connectivity index (χ2v) is 3.01. The van der Waals surface area contributed by atoms with E-state index in [2.05, 4.69) is 32.7 Å². The maximum atomic E-state index is 3.92. The zero-order valence-electron chi connectivity index (χ0n) is 7.41. The van der Waals surface area contributed by atoms with E-state index in [0.29, 0.717) is 6.04 Å². The van der Waals surface area contributed by atoms with Crippen molar-refractivity contribution in [2.45, 2.75) is 46.1 Å². The van der Waals surface area contributed by atoms with Gasteiger partial charge in [0.2, 0.25) is 0 Å². The number of allylic oxidation sites excluding steroid dienone is 1. The average molecular weight is 143 g/mol. The first kappa shape index (κ1) is 9.54. The van der Waals surface area contributed by atoms with Crippen LogP contribution in [0.4, 0.5) is 0 Å². The SMILES string of the molecule is C=C(CCCC)NC(C)C.[HH]. The third-order valence-corrected chi connectivity index (χ3v) is 1.32. The molecule has 0 aromatic carbocycles.